The molecule has 0 radical (unpaired) electrons. The van der Waals surface area contributed by atoms with Crippen molar-refractivity contribution >= 4 is 17.3 Å². The number of hydrogen-bond donors (Lipinski definition) is 2. The van der Waals surface area contributed by atoms with Gasteiger partial charge in [-0.3, -0.25) is 4.90 Å². The minimum atomic E-state index is 0.115. The quantitative estimate of drug-likeness (QED) is 0.673. The summed E-state index contributed by atoms with van der Waals surface area (Å²) in [4.78, 5) is 13.6. The summed E-state index contributed by atoms with van der Waals surface area (Å²) in [5, 5.41) is 3.43. The van der Waals surface area contributed by atoms with E-state index in [-0.39, 0.29) is 6.04 Å². The summed E-state index contributed by atoms with van der Waals surface area (Å²) in [5.74, 6) is 1.51. The molecule has 150 valence electrons. The molecule has 1 unspecified atom stereocenters. The predicted molar refractivity (Wildman–Crippen MR) is 119 cm³/mol. The Bertz CT molecular complexity index is 907. The van der Waals surface area contributed by atoms with E-state index in [2.05, 4.69) is 74.5 Å². The summed E-state index contributed by atoms with van der Waals surface area (Å²) in [7, 11) is 0. The van der Waals surface area contributed by atoms with Crippen LogP contribution in [0.5, 0.6) is 0 Å². The average Bonchev–Trinajstić information content (AvgIpc) is 2.77. The molecule has 1 atom stereocenters. The number of anilines is 3. The first-order valence-electron chi connectivity index (χ1n) is 10.1. The average molecular weight is 389 g/mol. The van der Waals surface area contributed by atoms with Crippen molar-refractivity contribution in [3.05, 3.63) is 78.1 Å². The van der Waals surface area contributed by atoms with Crippen LogP contribution in [-0.2, 0) is 6.54 Å². The Kier molecular flexibility index (Phi) is 5.91. The van der Waals surface area contributed by atoms with Crippen LogP contribution in [0.3, 0.4) is 0 Å². The predicted octanol–water partition coefficient (Wildman–Crippen LogP) is 3.55. The standard InChI is InChI=1S/C23H28N6/c1-18(20-10-6-3-7-11-20)27-22-21(24)23(26-17-25-22)29-14-12-28(13-15-29)16-19-8-4-2-5-9-19/h2-11,17-18H,12-16,24H2,1H3,(H,25,26,27). The van der Waals surface area contributed by atoms with Gasteiger partial charge in [-0.1, -0.05) is 60.7 Å². The number of hydrogen-bond acceptors (Lipinski definition) is 6. The second-order valence-corrected chi connectivity index (χ2v) is 7.49. The molecule has 0 spiro atoms. The molecular formula is C23H28N6. The maximum Gasteiger partial charge on any atom is 0.157 e. The molecule has 2 aromatic carbocycles. The van der Waals surface area contributed by atoms with Crippen LogP contribution in [0.4, 0.5) is 17.3 Å². The van der Waals surface area contributed by atoms with Gasteiger partial charge in [-0.2, -0.15) is 0 Å². The fourth-order valence-corrected chi connectivity index (χ4v) is 3.74. The summed E-state index contributed by atoms with van der Waals surface area (Å²) >= 11 is 0. The summed E-state index contributed by atoms with van der Waals surface area (Å²) < 4.78 is 0. The maximum absolute atomic E-state index is 6.46. The first-order valence-corrected chi connectivity index (χ1v) is 10.1. The summed E-state index contributed by atoms with van der Waals surface area (Å²) in [6.45, 7) is 6.88. The molecule has 2 heterocycles. The maximum atomic E-state index is 6.46. The number of aromatic nitrogens is 2. The third-order valence-corrected chi connectivity index (χ3v) is 5.44. The van der Waals surface area contributed by atoms with Gasteiger partial charge in [0.2, 0.25) is 0 Å². The molecular weight excluding hydrogens is 360 g/mol. The first kappa shape index (κ1) is 19.2. The Morgan fingerprint density at radius 3 is 2.28 bits per heavy atom. The highest BCUT2D eigenvalue weighted by molar-refractivity contribution is 5.75. The van der Waals surface area contributed by atoms with E-state index in [0.29, 0.717) is 11.5 Å². The third-order valence-electron chi connectivity index (χ3n) is 5.44. The molecule has 6 nitrogen and oxygen atoms in total. The molecule has 3 N–H and O–H groups in total. The summed E-state index contributed by atoms with van der Waals surface area (Å²) in [6.07, 6.45) is 1.60. The second-order valence-electron chi connectivity index (χ2n) is 7.49. The topological polar surface area (TPSA) is 70.3 Å². The molecule has 0 bridgehead atoms. The monoisotopic (exact) mass is 388 g/mol. The van der Waals surface area contributed by atoms with Crippen LogP contribution in [0.15, 0.2) is 67.0 Å². The highest BCUT2D eigenvalue weighted by atomic mass is 15.3. The largest absolute Gasteiger partial charge is 0.393 e. The van der Waals surface area contributed by atoms with Crippen LogP contribution in [0.25, 0.3) is 0 Å². The van der Waals surface area contributed by atoms with Crippen LogP contribution in [0, 0.1) is 0 Å². The number of benzene rings is 2. The minimum absolute atomic E-state index is 0.115. The lowest BCUT2D eigenvalue weighted by Crippen LogP contribution is -2.46. The first-order chi connectivity index (χ1) is 14.2. The number of piperazine rings is 1. The molecule has 1 aliphatic rings. The molecule has 4 rings (SSSR count). The van der Waals surface area contributed by atoms with Crippen molar-refractivity contribution < 1.29 is 0 Å². The van der Waals surface area contributed by atoms with Gasteiger partial charge in [0.05, 0.1) is 6.04 Å². The van der Waals surface area contributed by atoms with Gasteiger partial charge in [0.1, 0.15) is 12.0 Å². The molecule has 0 amide bonds. The molecule has 1 aliphatic heterocycles. The Labute approximate surface area is 172 Å². The van der Waals surface area contributed by atoms with Gasteiger partial charge in [-0.05, 0) is 18.1 Å². The van der Waals surface area contributed by atoms with Crippen molar-refractivity contribution in [2.75, 3.05) is 42.1 Å². The van der Waals surface area contributed by atoms with Crippen molar-refractivity contribution in [2.45, 2.75) is 19.5 Å². The van der Waals surface area contributed by atoms with E-state index in [9.17, 15) is 0 Å². The number of nitrogen functional groups attached to an aromatic ring is 1. The molecule has 1 saturated heterocycles. The van der Waals surface area contributed by atoms with Gasteiger partial charge >= 0.3 is 0 Å². The zero-order valence-corrected chi connectivity index (χ0v) is 16.8. The smallest absolute Gasteiger partial charge is 0.157 e. The normalized spacial score (nSPS) is 15.8. The zero-order valence-electron chi connectivity index (χ0n) is 16.8. The highest BCUT2D eigenvalue weighted by Gasteiger charge is 2.22. The van der Waals surface area contributed by atoms with Crippen LogP contribution in [-0.4, -0.2) is 41.0 Å². The van der Waals surface area contributed by atoms with Gasteiger partial charge in [0.15, 0.2) is 11.6 Å². The third kappa shape index (κ3) is 4.66. The molecule has 6 heteroatoms. The van der Waals surface area contributed by atoms with Crippen molar-refractivity contribution in [1.29, 1.82) is 0 Å². The molecule has 0 saturated carbocycles. The highest BCUT2D eigenvalue weighted by Crippen LogP contribution is 2.29. The zero-order chi connectivity index (χ0) is 20.1. The lowest BCUT2D eigenvalue weighted by molar-refractivity contribution is 0.249. The minimum Gasteiger partial charge on any atom is -0.393 e. The summed E-state index contributed by atoms with van der Waals surface area (Å²) in [6, 6.07) is 21.0. The fourth-order valence-electron chi connectivity index (χ4n) is 3.74. The van der Waals surface area contributed by atoms with Crippen LogP contribution >= 0.6 is 0 Å². The lowest BCUT2D eigenvalue weighted by atomic mass is 10.1. The van der Waals surface area contributed by atoms with Gasteiger partial charge in [0.25, 0.3) is 0 Å². The van der Waals surface area contributed by atoms with Crippen molar-refractivity contribution in [3.63, 3.8) is 0 Å². The molecule has 3 aromatic rings. The number of nitrogens with zero attached hydrogens (tertiary/aromatic N) is 4. The van der Waals surface area contributed by atoms with Crippen LogP contribution < -0.4 is 16.0 Å². The lowest BCUT2D eigenvalue weighted by Gasteiger charge is -2.36. The van der Waals surface area contributed by atoms with Crippen molar-refractivity contribution in [1.82, 2.24) is 14.9 Å². The van der Waals surface area contributed by atoms with E-state index < -0.39 is 0 Å². The molecule has 0 aliphatic carbocycles. The van der Waals surface area contributed by atoms with Gasteiger partial charge < -0.3 is 16.0 Å². The van der Waals surface area contributed by atoms with Crippen LogP contribution in [0.1, 0.15) is 24.1 Å². The number of rotatable bonds is 6. The number of nitrogens with two attached hydrogens (primary N) is 1. The van der Waals surface area contributed by atoms with E-state index in [1.54, 1.807) is 6.33 Å². The van der Waals surface area contributed by atoms with Gasteiger partial charge in [-0.15, -0.1) is 0 Å². The van der Waals surface area contributed by atoms with Crippen molar-refractivity contribution in [3.8, 4) is 0 Å². The SMILES string of the molecule is CC(Nc1ncnc(N2CCN(Cc3ccccc3)CC2)c1N)c1ccccc1. The number of nitrogens with one attached hydrogen (secondary N) is 1. The Balaban J connectivity index is 1.40. The van der Waals surface area contributed by atoms with E-state index in [4.69, 9.17) is 5.73 Å². The Morgan fingerprint density at radius 2 is 1.59 bits per heavy atom. The Hall–Kier alpha value is -3.12. The van der Waals surface area contributed by atoms with E-state index >= 15 is 0 Å². The fraction of sp³-hybridized carbons (Fsp3) is 0.304. The summed E-state index contributed by atoms with van der Waals surface area (Å²) in [5.41, 5.74) is 9.62. The van der Waals surface area contributed by atoms with Crippen LogP contribution in [0.2, 0.25) is 0 Å². The molecule has 1 aromatic heterocycles. The second kappa shape index (κ2) is 8.92. The van der Waals surface area contributed by atoms with Crippen molar-refractivity contribution in [2.24, 2.45) is 0 Å². The van der Waals surface area contributed by atoms with Gasteiger partial charge in [-0.25, -0.2) is 9.97 Å². The molecule has 29 heavy (non-hydrogen) atoms. The Morgan fingerprint density at radius 1 is 0.931 bits per heavy atom. The van der Waals surface area contributed by atoms with E-state index in [1.165, 1.54) is 11.1 Å². The van der Waals surface area contributed by atoms with E-state index in [1.807, 2.05) is 18.2 Å². The van der Waals surface area contributed by atoms with E-state index in [0.717, 1.165) is 38.5 Å². The molecule has 1 fully saturated rings. The van der Waals surface area contributed by atoms with Gasteiger partial charge in [0, 0.05) is 32.7 Å².